The Morgan fingerprint density at radius 1 is 1.13 bits per heavy atom. The second kappa shape index (κ2) is 15.8. The minimum Gasteiger partial charge on any atom is -0.481 e. The zero-order valence-electron chi connectivity index (χ0n) is 9.74. The van der Waals surface area contributed by atoms with Crippen LogP contribution in [-0.2, 0) is 4.79 Å². The molecule has 0 rings (SSSR count). The molecule has 92 valence electrons. The minimum atomic E-state index is -0.670. The molecule has 0 aliphatic carbocycles. The number of aliphatic hydroxyl groups is 1. The van der Waals surface area contributed by atoms with E-state index >= 15 is 0 Å². The van der Waals surface area contributed by atoms with Gasteiger partial charge in [0.25, 0.3) is 0 Å². The van der Waals surface area contributed by atoms with E-state index in [0.717, 1.165) is 19.3 Å². The lowest BCUT2D eigenvalue weighted by atomic mass is 10.1. The molecule has 4 heteroatoms. The Morgan fingerprint density at radius 3 is 2.07 bits per heavy atom. The molecule has 0 fully saturated rings. The third-order valence-corrected chi connectivity index (χ3v) is 1.86. The van der Waals surface area contributed by atoms with E-state index in [-0.39, 0.29) is 6.61 Å². The van der Waals surface area contributed by atoms with Crippen LogP contribution in [0.5, 0.6) is 0 Å². The summed E-state index contributed by atoms with van der Waals surface area (Å²) in [7, 11) is 0. The van der Waals surface area contributed by atoms with Gasteiger partial charge in [-0.1, -0.05) is 32.6 Å². The molecule has 4 nitrogen and oxygen atoms in total. The number of carboxylic acid groups (broad SMARTS) is 1. The van der Waals surface area contributed by atoms with E-state index in [1.165, 1.54) is 19.3 Å². The van der Waals surface area contributed by atoms with Gasteiger partial charge in [-0.25, -0.2) is 0 Å². The van der Waals surface area contributed by atoms with Crippen molar-refractivity contribution in [3.05, 3.63) is 0 Å². The van der Waals surface area contributed by atoms with Gasteiger partial charge in [0.15, 0.2) is 0 Å². The van der Waals surface area contributed by atoms with Gasteiger partial charge in [-0.2, -0.15) is 0 Å². The van der Waals surface area contributed by atoms with Crippen molar-refractivity contribution >= 4 is 5.97 Å². The van der Waals surface area contributed by atoms with Gasteiger partial charge in [-0.15, -0.1) is 0 Å². The summed E-state index contributed by atoms with van der Waals surface area (Å²) in [4.78, 5) is 10.0. The largest absolute Gasteiger partial charge is 0.481 e. The van der Waals surface area contributed by atoms with Crippen LogP contribution in [0, 0.1) is 0 Å². The first-order valence-electron chi connectivity index (χ1n) is 5.71. The SMILES string of the molecule is CCCCCCCC(=O)O.NCCCO. The molecule has 0 saturated heterocycles. The Morgan fingerprint density at radius 2 is 1.73 bits per heavy atom. The average Bonchev–Trinajstić information content (AvgIpc) is 2.19. The molecule has 0 bridgehead atoms. The standard InChI is InChI=1S/C8H16O2.C3H9NO/c1-2-3-4-5-6-7-8(9)10;4-2-1-3-5/h2-7H2,1H3,(H,9,10);5H,1-4H2. The van der Waals surface area contributed by atoms with Gasteiger partial charge in [0, 0.05) is 13.0 Å². The maximum absolute atomic E-state index is 10.0. The molecule has 4 N–H and O–H groups in total. The summed E-state index contributed by atoms with van der Waals surface area (Å²) in [5, 5.41) is 16.3. The van der Waals surface area contributed by atoms with Crippen LogP contribution in [0.2, 0.25) is 0 Å². The van der Waals surface area contributed by atoms with Gasteiger partial charge < -0.3 is 15.9 Å². The van der Waals surface area contributed by atoms with Crippen LogP contribution in [0.25, 0.3) is 0 Å². The summed E-state index contributed by atoms with van der Waals surface area (Å²) in [6, 6.07) is 0. The molecule has 0 amide bonds. The summed E-state index contributed by atoms with van der Waals surface area (Å²) in [6.07, 6.45) is 6.61. The number of unbranched alkanes of at least 4 members (excludes halogenated alkanes) is 4. The van der Waals surface area contributed by atoms with E-state index < -0.39 is 5.97 Å². The molecule has 15 heavy (non-hydrogen) atoms. The molecule has 0 aliphatic heterocycles. The molecule has 0 aliphatic rings. The fourth-order valence-electron chi connectivity index (χ4n) is 0.971. The Balaban J connectivity index is 0. The van der Waals surface area contributed by atoms with Crippen LogP contribution in [0.3, 0.4) is 0 Å². The number of carboxylic acids is 1. The van der Waals surface area contributed by atoms with Crippen LogP contribution in [0.4, 0.5) is 0 Å². The normalized spacial score (nSPS) is 9.27. The van der Waals surface area contributed by atoms with E-state index in [2.05, 4.69) is 6.92 Å². The first kappa shape index (κ1) is 16.8. The summed E-state index contributed by atoms with van der Waals surface area (Å²) in [5.41, 5.74) is 4.98. The maximum atomic E-state index is 10.0. The van der Waals surface area contributed by atoms with Gasteiger partial charge in [-0.3, -0.25) is 4.79 Å². The van der Waals surface area contributed by atoms with E-state index in [1.54, 1.807) is 0 Å². The van der Waals surface area contributed by atoms with Crippen molar-refractivity contribution in [2.24, 2.45) is 5.73 Å². The van der Waals surface area contributed by atoms with E-state index in [0.29, 0.717) is 13.0 Å². The van der Waals surface area contributed by atoms with Crippen LogP contribution >= 0.6 is 0 Å². The Hall–Kier alpha value is -0.610. The van der Waals surface area contributed by atoms with Crippen molar-refractivity contribution in [1.29, 1.82) is 0 Å². The number of aliphatic carboxylic acids is 1. The maximum Gasteiger partial charge on any atom is 0.303 e. The van der Waals surface area contributed by atoms with Crippen molar-refractivity contribution in [3.8, 4) is 0 Å². The lowest BCUT2D eigenvalue weighted by molar-refractivity contribution is -0.137. The lowest BCUT2D eigenvalue weighted by Crippen LogP contribution is -1.99. The number of rotatable bonds is 8. The Kier molecular flexibility index (Phi) is 17.8. The highest BCUT2D eigenvalue weighted by atomic mass is 16.4. The quantitative estimate of drug-likeness (QED) is 0.543. The predicted molar refractivity (Wildman–Crippen MR) is 61.8 cm³/mol. The van der Waals surface area contributed by atoms with E-state index in [1.807, 2.05) is 0 Å². The van der Waals surface area contributed by atoms with Crippen LogP contribution in [-0.4, -0.2) is 29.3 Å². The third-order valence-electron chi connectivity index (χ3n) is 1.86. The summed E-state index contributed by atoms with van der Waals surface area (Å²) in [5.74, 6) is -0.670. The summed E-state index contributed by atoms with van der Waals surface area (Å²) < 4.78 is 0. The number of hydrogen-bond donors (Lipinski definition) is 3. The van der Waals surface area contributed by atoms with Crippen LogP contribution in [0.15, 0.2) is 0 Å². The molecular weight excluding hydrogens is 194 g/mol. The van der Waals surface area contributed by atoms with Crippen LogP contribution in [0.1, 0.15) is 51.9 Å². The molecule has 0 aromatic rings. The van der Waals surface area contributed by atoms with Crippen molar-refractivity contribution < 1.29 is 15.0 Å². The number of nitrogens with two attached hydrogens (primary N) is 1. The zero-order chi connectivity index (χ0) is 11.9. The highest BCUT2D eigenvalue weighted by molar-refractivity contribution is 5.66. The van der Waals surface area contributed by atoms with E-state index in [9.17, 15) is 4.79 Å². The molecule has 0 atom stereocenters. The number of carbonyl (C=O) groups is 1. The summed E-state index contributed by atoms with van der Waals surface area (Å²) in [6.45, 7) is 2.96. The monoisotopic (exact) mass is 219 g/mol. The lowest BCUT2D eigenvalue weighted by Gasteiger charge is -1.95. The van der Waals surface area contributed by atoms with Crippen molar-refractivity contribution in [1.82, 2.24) is 0 Å². The Bertz CT molecular complexity index is 127. The van der Waals surface area contributed by atoms with Gasteiger partial charge in [0.2, 0.25) is 0 Å². The number of aliphatic hydroxyl groups excluding tert-OH is 1. The fraction of sp³-hybridized carbons (Fsp3) is 0.909. The van der Waals surface area contributed by atoms with Crippen LogP contribution < -0.4 is 5.73 Å². The highest BCUT2D eigenvalue weighted by Gasteiger charge is 1.94. The molecule has 0 spiro atoms. The molecule has 0 aromatic heterocycles. The zero-order valence-corrected chi connectivity index (χ0v) is 9.74. The van der Waals surface area contributed by atoms with Gasteiger partial charge in [0.05, 0.1) is 0 Å². The smallest absolute Gasteiger partial charge is 0.303 e. The molecule has 0 unspecified atom stereocenters. The molecule has 0 aromatic carbocycles. The Labute approximate surface area is 92.5 Å². The fourth-order valence-corrected chi connectivity index (χ4v) is 0.971. The van der Waals surface area contributed by atoms with Crippen molar-refractivity contribution in [3.63, 3.8) is 0 Å². The number of hydrogen-bond acceptors (Lipinski definition) is 3. The highest BCUT2D eigenvalue weighted by Crippen LogP contribution is 2.04. The third kappa shape index (κ3) is 24.7. The second-order valence-corrected chi connectivity index (χ2v) is 3.42. The van der Waals surface area contributed by atoms with Crippen molar-refractivity contribution in [2.45, 2.75) is 51.9 Å². The molecular formula is C11H25NO3. The minimum absolute atomic E-state index is 0.219. The van der Waals surface area contributed by atoms with Crippen molar-refractivity contribution in [2.75, 3.05) is 13.2 Å². The summed E-state index contributed by atoms with van der Waals surface area (Å²) >= 11 is 0. The molecule has 0 heterocycles. The first-order valence-corrected chi connectivity index (χ1v) is 5.71. The first-order chi connectivity index (χ1) is 7.18. The molecule has 0 radical (unpaired) electrons. The van der Waals surface area contributed by atoms with E-state index in [4.69, 9.17) is 15.9 Å². The van der Waals surface area contributed by atoms with Gasteiger partial charge in [-0.05, 0) is 19.4 Å². The topological polar surface area (TPSA) is 83.5 Å². The van der Waals surface area contributed by atoms with Gasteiger partial charge in [0.1, 0.15) is 0 Å². The van der Waals surface area contributed by atoms with Gasteiger partial charge >= 0.3 is 5.97 Å². The predicted octanol–water partition coefficient (Wildman–Crippen LogP) is 1.76. The second-order valence-electron chi connectivity index (χ2n) is 3.42. The average molecular weight is 219 g/mol. The molecule has 0 saturated carbocycles.